The number of methoxy groups -OCH3 is 1. The number of anilines is 1. The zero-order valence-electron chi connectivity index (χ0n) is 16.2. The lowest BCUT2D eigenvalue weighted by atomic mass is 10.1. The number of halogens is 1. The monoisotopic (exact) mass is 446 g/mol. The molecule has 1 amide bonds. The highest BCUT2D eigenvalue weighted by molar-refractivity contribution is 9.10. The van der Waals surface area contributed by atoms with Crippen LogP contribution in [0.4, 0.5) is 5.69 Å². The Morgan fingerprint density at radius 1 is 1.14 bits per heavy atom. The Morgan fingerprint density at radius 2 is 1.82 bits per heavy atom. The van der Waals surface area contributed by atoms with Crippen molar-refractivity contribution in [1.82, 2.24) is 0 Å². The summed E-state index contributed by atoms with van der Waals surface area (Å²) < 4.78 is 17.1. The van der Waals surface area contributed by atoms with Crippen molar-refractivity contribution in [3.8, 4) is 23.3 Å². The first-order chi connectivity index (χ1) is 13.5. The molecule has 0 radical (unpaired) electrons. The third-order valence-corrected chi connectivity index (χ3v) is 4.51. The molecular weight excluding hydrogens is 424 g/mol. The maximum absolute atomic E-state index is 13.2. The van der Waals surface area contributed by atoms with Crippen molar-refractivity contribution in [2.24, 2.45) is 0 Å². The van der Waals surface area contributed by atoms with E-state index in [4.69, 9.17) is 19.5 Å². The topological polar surface area (TPSA) is 71.8 Å². The summed E-state index contributed by atoms with van der Waals surface area (Å²) in [5.41, 5.74) is 1.12. The lowest BCUT2D eigenvalue weighted by Gasteiger charge is -2.23. The molecular formula is C21H23BrN2O4. The molecule has 2 rings (SSSR count). The Labute approximate surface area is 173 Å². The van der Waals surface area contributed by atoms with Crippen LogP contribution in [0.1, 0.15) is 30.6 Å². The maximum atomic E-state index is 13.2. The molecule has 0 fully saturated rings. The highest BCUT2D eigenvalue weighted by Gasteiger charge is 2.21. The summed E-state index contributed by atoms with van der Waals surface area (Å²) in [5, 5.41) is 9.00. The number of hydrogen-bond acceptors (Lipinski definition) is 5. The molecule has 0 spiro atoms. The van der Waals surface area contributed by atoms with Crippen molar-refractivity contribution < 1.29 is 19.0 Å². The van der Waals surface area contributed by atoms with E-state index in [1.165, 1.54) is 7.11 Å². The highest BCUT2D eigenvalue weighted by atomic mass is 79.9. The van der Waals surface area contributed by atoms with Crippen LogP contribution in [0.25, 0.3) is 0 Å². The number of benzene rings is 2. The molecule has 0 N–H and O–H groups in total. The van der Waals surface area contributed by atoms with E-state index in [9.17, 15) is 4.79 Å². The van der Waals surface area contributed by atoms with Gasteiger partial charge in [0, 0.05) is 17.8 Å². The van der Waals surface area contributed by atoms with Gasteiger partial charge in [-0.05, 0) is 66.2 Å². The van der Waals surface area contributed by atoms with Gasteiger partial charge < -0.3 is 19.1 Å². The number of nitriles is 1. The van der Waals surface area contributed by atoms with Gasteiger partial charge in [-0.15, -0.1) is 0 Å². The van der Waals surface area contributed by atoms with Crippen LogP contribution in [-0.2, 0) is 0 Å². The van der Waals surface area contributed by atoms with Crippen molar-refractivity contribution >= 4 is 27.5 Å². The number of carbonyl (C=O) groups is 1. The molecule has 7 heteroatoms. The Bertz CT molecular complexity index is 847. The van der Waals surface area contributed by atoms with Gasteiger partial charge in [0.1, 0.15) is 5.75 Å². The van der Waals surface area contributed by atoms with Crippen LogP contribution in [0.5, 0.6) is 17.2 Å². The van der Waals surface area contributed by atoms with E-state index in [1.54, 1.807) is 41.3 Å². The minimum absolute atomic E-state index is 0.217. The van der Waals surface area contributed by atoms with E-state index in [1.807, 2.05) is 13.8 Å². The molecule has 0 unspecified atom stereocenters. The van der Waals surface area contributed by atoms with Gasteiger partial charge in [-0.25, -0.2) is 0 Å². The predicted octanol–water partition coefficient (Wildman–Crippen LogP) is 4.82. The molecule has 6 nitrogen and oxygen atoms in total. The average molecular weight is 447 g/mol. The van der Waals surface area contributed by atoms with Crippen LogP contribution < -0.4 is 19.1 Å². The molecule has 0 bridgehead atoms. The molecule has 0 aromatic heterocycles. The Hall–Kier alpha value is -2.72. The standard InChI is InChI=1S/C21H23BrN2O4/c1-4-27-17-9-7-16(8-10-17)24(12-6-11-23)21(25)15-13-18(22)20(28-5-2)19(14-15)26-3/h7-10,13-14H,4-6,12H2,1-3H3. The summed E-state index contributed by atoms with van der Waals surface area (Å²) in [6, 6.07) is 12.7. The quantitative estimate of drug-likeness (QED) is 0.552. The van der Waals surface area contributed by atoms with Gasteiger partial charge in [0.15, 0.2) is 11.5 Å². The second kappa shape index (κ2) is 10.6. The summed E-state index contributed by atoms with van der Waals surface area (Å²) in [4.78, 5) is 14.8. The highest BCUT2D eigenvalue weighted by Crippen LogP contribution is 2.37. The van der Waals surface area contributed by atoms with Gasteiger partial charge in [-0.3, -0.25) is 4.79 Å². The van der Waals surface area contributed by atoms with Crippen LogP contribution in [0.3, 0.4) is 0 Å². The number of nitrogens with zero attached hydrogens (tertiary/aromatic N) is 2. The summed E-state index contributed by atoms with van der Waals surface area (Å²) in [6.45, 7) is 5.10. The fourth-order valence-corrected chi connectivity index (χ4v) is 3.24. The molecule has 28 heavy (non-hydrogen) atoms. The molecule has 148 valence electrons. The number of hydrogen-bond donors (Lipinski definition) is 0. The third-order valence-electron chi connectivity index (χ3n) is 3.92. The molecule has 0 aliphatic rings. The van der Waals surface area contributed by atoms with Gasteiger partial charge in [-0.1, -0.05) is 0 Å². The largest absolute Gasteiger partial charge is 0.494 e. The molecule has 0 heterocycles. The first-order valence-corrected chi connectivity index (χ1v) is 9.76. The number of ether oxygens (including phenoxy) is 3. The first-order valence-electron chi connectivity index (χ1n) is 8.97. The van der Waals surface area contributed by atoms with Crippen molar-refractivity contribution in [3.05, 3.63) is 46.4 Å². The Balaban J connectivity index is 2.39. The van der Waals surface area contributed by atoms with E-state index < -0.39 is 0 Å². The number of rotatable bonds is 9. The second-order valence-corrected chi connectivity index (χ2v) is 6.57. The molecule has 2 aromatic carbocycles. The zero-order valence-corrected chi connectivity index (χ0v) is 17.8. The summed E-state index contributed by atoms with van der Waals surface area (Å²) >= 11 is 3.45. The fourth-order valence-electron chi connectivity index (χ4n) is 2.68. The lowest BCUT2D eigenvalue weighted by molar-refractivity contribution is 0.0987. The Kier molecular flexibility index (Phi) is 8.15. The van der Waals surface area contributed by atoms with Gasteiger partial charge in [0.25, 0.3) is 5.91 Å². The van der Waals surface area contributed by atoms with E-state index in [0.717, 1.165) is 5.75 Å². The third kappa shape index (κ3) is 5.17. The van der Waals surface area contributed by atoms with Crippen molar-refractivity contribution in [2.75, 3.05) is 31.8 Å². The summed E-state index contributed by atoms with van der Waals surface area (Å²) in [6.07, 6.45) is 0.217. The normalized spacial score (nSPS) is 10.1. The molecule has 0 saturated carbocycles. The van der Waals surface area contributed by atoms with Crippen LogP contribution in [0, 0.1) is 11.3 Å². The zero-order chi connectivity index (χ0) is 20.5. The van der Waals surface area contributed by atoms with E-state index in [2.05, 4.69) is 22.0 Å². The molecule has 2 aromatic rings. The predicted molar refractivity (Wildman–Crippen MR) is 111 cm³/mol. The van der Waals surface area contributed by atoms with Crippen LogP contribution in [0.2, 0.25) is 0 Å². The van der Waals surface area contributed by atoms with E-state index in [0.29, 0.717) is 40.4 Å². The SMILES string of the molecule is CCOc1ccc(N(CCC#N)C(=O)c2cc(Br)c(OCC)c(OC)c2)cc1. The Morgan fingerprint density at radius 3 is 2.39 bits per heavy atom. The minimum Gasteiger partial charge on any atom is -0.494 e. The summed E-state index contributed by atoms with van der Waals surface area (Å²) in [7, 11) is 1.53. The first kappa shape index (κ1) is 21.6. The number of carbonyl (C=O) groups excluding carboxylic acids is 1. The molecule has 0 aliphatic carbocycles. The van der Waals surface area contributed by atoms with Crippen LogP contribution >= 0.6 is 15.9 Å². The van der Waals surface area contributed by atoms with Gasteiger partial charge >= 0.3 is 0 Å². The van der Waals surface area contributed by atoms with Gasteiger partial charge in [0.05, 0.1) is 37.3 Å². The average Bonchev–Trinajstić information content (AvgIpc) is 2.70. The molecule has 0 saturated heterocycles. The van der Waals surface area contributed by atoms with Gasteiger partial charge in [-0.2, -0.15) is 5.26 Å². The smallest absolute Gasteiger partial charge is 0.258 e. The molecule has 0 atom stereocenters. The maximum Gasteiger partial charge on any atom is 0.258 e. The number of amides is 1. The fraction of sp³-hybridized carbons (Fsp3) is 0.333. The van der Waals surface area contributed by atoms with Crippen molar-refractivity contribution in [1.29, 1.82) is 5.26 Å². The van der Waals surface area contributed by atoms with Crippen molar-refractivity contribution in [3.63, 3.8) is 0 Å². The van der Waals surface area contributed by atoms with Crippen molar-refractivity contribution in [2.45, 2.75) is 20.3 Å². The molecule has 0 aliphatic heterocycles. The van der Waals surface area contributed by atoms with Crippen LogP contribution in [-0.4, -0.2) is 32.8 Å². The second-order valence-electron chi connectivity index (χ2n) is 5.71. The summed E-state index contributed by atoms with van der Waals surface area (Å²) in [5.74, 6) is 1.50. The van der Waals surface area contributed by atoms with Gasteiger partial charge in [0.2, 0.25) is 0 Å². The lowest BCUT2D eigenvalue weighted by Crippen LogP contribution is -2.31. The van der Waals surface area contributed by atoms with E-state index in [-0.39, 0.29) is 18.9 Å². The van der Waals surface area contributed by atoms with E-state index >= 15 is 0 Å². The van der Waals surface area contributed by atoms with Crippen LogP contribution in [0.15, 0.2) is 40.9 Å². The minimum atomic E-state index is -0.235.